The number of carbonyl (C=O) groups is 2. The van der Waals surface area contributed by atoms with Gasteiger partial charge < -0.3 is 20.1 Å². The molecule has 1 fully saturated rings. The van der Waals surface area contributed by atoms with Crippen LogP contribution in [0.4, 0.5) is 5.69 Å². The van der Waals surface area contributed by atoms with Crippen molar-refractivity contribution in [1.82, 2.24) is 15.2 Å². The van der Waals surface area contributed by atoms with Crippen LogP contribution in [0.1, 0.15) is 28.5 Å². The molecule has 0 bridgehead atoms. The van der Waals surface area contributed by atoms with Crippen LogP contribution in [0.3, 0.4) is 0 Å². The van der Waals surface area contributed by atoms with Crippen LogP contribution >= 0.6 is 0 Å². The van der Waals surface area contributed by atoms with Crippen LogP contribution in [0.15, 0.2) is 72.9 Å². The monoisotopic (exact) mass is 500 g/mol. The average Bonchev–Trinajstić information content (AvgIpc) is 2.93. The van der Waals surface area contributed by atoms with Crippen molar-refractivity contribution < 1.29 is 19.1 Å². The highest BCUT2D eigenvalue weighted by Crippen LogP contribution is 2.23. The van der Waals surface area contributed by atoms with Gasteiger partial charge in [-0.2, -0.15) is 0 Å². The Morgan fingerprint density at radius 1 is 1.05 bits per heavy atom. The fourth-order valence-electron chi connectivity index (χ4n) is 3.88. The second kappa shape index (κ2) is 13.3. The lowest BCUT2D eigenvalue weighted by Crippen LogP contribution is -2.41. The maximum atomic E-state index is 12.5. The molecule has 0 spiro atoms. The quantitative estimate of drug-likeness (QED) is 0.407. The summed E-state index contributed by atoms with van der Waals surface area (Å²) in [6.07, 6.45) is 5.67. The largest absolute Gasteiger partial charge is 0.457 e. The maximum absolute atomic E-state index is 12.5. The van der Waals surface area contributed by atoms with Crippen LogP contribution in [-0.2, 0) is 16.0 Å². The summed E-state index contributed by atoms with van der Waals surface area (Å²) in [6, 6.07) is 18.5. The number of amides is 2. The standard InChI is InChI=1S/C29H32N4O4/c1-2-22-5-3-7-24(19-22)32-28(34)10-9-23-6-4-8-25(20-23)37-26-11-12-30-27(21-26)29(35)31-13-14-33-15-17-36-18-16-33/h3-12,19-21H,2,13-18H2,1H3,(H,31,35)(H,32,34). The molecular formula is C29H32N4O4. The number of ether oxygens (including phenoxy) is 2. The lowest BCUT2D eigenvalue weighted by atomic mass is 10.1. The first-order chi connectivity index (χ1) is 18.1. The van der Waals surface area contributed by atoms with E-state index < -0.39 is 0 Å². The van der Waals surface area contributed by atoms with E-state index in [0.717, 1.165) is 56.1 Å². The Hall–Kier alpha value is -4.01. The second-order valence-electron chi connectivity index (χ2n) is 8.64. The van der Waals surface area contributed by atoms with Crippen molar-refractivity contribution in [3.8, 4) is 11.5 Å². The van der Waals surface area contributed by atoms with Crippen LogP contribution in [0, 0.1) is 0 Å². The summed E-state index contributed by atoms with van der Waals surface area (Å²) in [5.41, 5.74) is 3.03. The van der Waals surface area contributed by atoms with E-state index >= 15 is 0 Å². The first-order valence-corrected chi connectivity index (χ1v) is 12.5. The van der Waals surface area contributed by atoms with Gasteiger partial charge in [0.15, 0.2) is 0 Å². The van der Waals surface area contributed by atoms with Gasteiger partial charge in [-0.15, -0.1) is 0 Å². The molecule has 1 aliphatic rings. The van der Waals surface area contributed by atoms with Gasteiger partial charge in [-0.05, 0) is 54.0 Å². The van der Waals surface area contributed by atoms with Crippen molar-refractivity contribution in [1.29, 1.82) is 0 Å². The van der Waals surface area contributed by atoms with E-state index in [1.54, 1.807) is 24.4 Å². The average molecular weight is 501 g/mol. The minimum Gasteiger partial charge on any atom is -0.457 e. The van der Waals surface area contributed by atoms with Crippen molar-refractivity contribution in [3.63, 3.8) is 0 Å². The maximum Gasteiger partial charge on any atom is 0.270 e. The Morgan fingerprint density at radius 3 is 2.70 bits per heavy atom. The van der Waals surface area contributed by atoms with Crippen molar-refractivity contribution in [2.24, 2.45) is 0 Å². The van der Waals surface area contributed by atoms with E-state index in [1.165, 1.54) is 6.08 Å². The topological polar surface area (TPSA) is 92.8 Å². The Bertz CT molecular complexity index is 1240. The van der Waals surface area contributed by atoms with E-state index in [2.05, 4.69) is 27.4 Å². The molecule has 0 aliphatic carbocycles. The van der Waals surface area contributed by atoms with Gasteiger partial charge in [0.05, 0.1) is 13.2 Å². The molecule has 0 radical (unpaired) electrons. The third-order valence-corrected chi connectivity index (χ3v) is 5.91. The van der Waals surface area contributed by atoms with Gasteiger partial charge in [-0.3, -0.25) is 19.5 Å². The highest BCUT2D eigenvalue weighted by atomic mass is 16.5. The molecule has 4 rings (SSSR count). The number of morpholine rings is 1. The van der Waals surface area contributed by atoms with E-state index in [4.69, 9.17) is 9.47 Å². The molecule has 0 saturated carbocycles. The smallest absolute Gasteiger partial charge is 0.270 e. The predicted octanol–water partition coefficient (Wildman–Crippen LogP) is 4.15. The van der Waals surface area contributed by atoms with Gasteiger partial charge in [0.1, 0.15) is 17.2 Å². The van der Waals surface area contributed by atoms with E-state index in [1.807, 2.05) is 48.5 Å². The van der Waals surface area contributed by atoms with Gasteiger partial charge in [-0.25, -0.2) is 0 Å². The van der Waals surface area contributed by atoms with Gasteiger partial charge >= 0.3 is 0 Å². The van der Waals surface area contributed by atoms with E-state index in [9.17, 15) is 9.59 Å². The van der Waals surface area contributed by atoms with Crippen LogP contribution in [0.5, 0.6) is 11.5 Å². The fraction of sp³-hybridized carbons (Fsp3) is 0.276. The van der Waals surface area contributed by atoms with Crippen molar-refractivity contribution in [3.05, 3.63) is 89.8 Å². The number of benzene rings is 2. The lowest BCUT2D eigenvalue weighted by Gasteiger charge is -2.26. The molecule has 8 heteroatoms. The molecule has 0 unspecified atom stereocenters. The first-order valence-electron chi connectivity index (χ1n) is 12.5. The molecule has 2 amide bonds. The van der Waals surface area contributed by atoms with E-state index in [0.29, 0.717) is 23.7 Å². The molecule has 0 atom stereocenters. The molecule has 1 aliphatic heterocycles. The summed E-state index contributed by atoms with van der Waals surface area (Å²) in [5, 5.41) is 5.79. The number of hydrogen-bond acceptors (Lipinski definition) is 6. The van der Waals surface area contributed by atoms with Gasteiger partial charge in [-0.1, -0.05) is 31.2 Å². The lowest BCUT2D eigenvalue weighted by molar-refractivity contribution is -0.111. The fourth-order valence-corrected chi connectivity index (χ4v) is 3.88. The molecule has 2 heterocycles. The number of pyridine rings is 1. The summed E-state index contributed by atoms with van der Waals surface area (Å²) in [7, 11) is 0. The Kier molecular flexibility index (Phi) is 9.40. The first kappa shape index (κ1) is 26.1. The Morgan fingerprint density at radius 2 is 1.86 bits per heavy atom. The molecule has 8 nitrogen and oxygen atoms in total. The van der Waals surface area contributed by atoms with Gasteiger partial charge in [0.25, 0.3) is 5.91 Å². The Balaban J connectivity index is 1.31. The molecular weight excluding hydrogens is 468 g/mol. The number of hydrogen-bond donors (Lipinski definition) is 2. The zero-order chi connectivity index (χ0) is 25.9. The number of carbonyl (C=O) groups excluding carboxylic acids is 2. The number of aromatic nitrogens is 1. The number of nitrogens with one attached hydrogen (secondary N) is 2. The molecule has 1 aromatic heterocycles. The number of aryl methyl sites for hydroxylation is 1. The molecule has 1 saturated heterocycles. The van der Waals surface area contributed by atoms with E-state index in [-0.39, 0.29) is 11.8 Å². The van der Waals surface area contributed by atoms with Gasteiger partial charge in [0, 0.05) is 50.2 Å². The van der Waals surface area contributed by atoms with Crippen LogP contribution in [0.2, 0.25) is 0 Å². The number of anilines is 1. The van der Waals surface area contributed by atoms with Crippen LogP contribution in [0.25, 0.3) is 6.08 Å². The highest BCUT2D eigenvalue weighted by molar-refractivity contribution is 6.02. The van der Waals surface area contributed by atoms with Crippen molar-refractivity contribution in [2.45, 2.75) is 13.3 Å². The number of nitrogens with zero attached hydrogens (tertiary/aromatic N) is 2. The molecule has 37 heavy (non-hydrogen) atoms. The third kappa shape index (κ3) is 8.27. The van der Waals surface area contributed by atoms with Crippen LogP contribution < -0.4 is 15.4 Å². The summed E-state index contributed by atoms with van der Waals surface area (Å²) in [5.74, 6) is 0.634. The third-order valence-electron chi connectivity index (χ3n) is 5.91. The Labute approximate surface area is 217 Å². The minimum absolute atomic E-state index is 0.210. The number of rotatable bonds is 10. The minimum atomic E-state index is -0.245. The normalized spacial score (nSPS) is 13.9. The van der Waals surface area contributed by atoms with Crippen LogP contribution in [-0.4, -0.2) is 61.1 Å². The van der Waals surface area contributed by atoms with Crippen molar-refractivity contribution in [2.75, 3.05) is 44.7 Å². The highest BCUT2D eigenvalue weighted by Gasteiger charge is 2.12. The molecule has 3 aromatic rings. The summed E-state index contributed by atoms with van der Waals surface area (Å²) in [4.78, 5) is 31.3. The molecule has 2 N–H and O–H groups in total. The summed E-state index contributed by atoms with van der Waals surface area (Å²) in [6.45, 7) is 6.60. The van der Waals surface area contributed by atoms with Crippen molar-refractivity contribution >= 4 is 23.6 Å². The predicted molar refractivity (Wildman–Crippen MR) is 144 cm³/mol. The zero-order valence-corrected chi connectivity index (χ0v) is 21.0. The zero-order valence-electron chi connectivity index (χ0n) is 21.0. The molecule has 192 valence electrons. The van der Waals surface area contributed by atoms with Gasteiger partial charge in [0.2, 0.25) is 5.91 Å². The second-order valence-corrected chi connectivity index (χ2v) is 8.64. The summed E-state index contributed by atoms with van der Waals surface area (Å²) >= 11 is 0. The summed E-state index contributed by atoms with van der Waals surface area (Å²) < 4.78 is 11.3. The molecule has 2 aromatic carbocycles. The SMILES string of the molecule is CCc1cccc(NC(=O)C=Cc2cccc(Oc3ccnc(C(=O)NCCN4CCOCC4)c3)c2)c1.